The average Bonchev–Trinajstić information content (AvgIpc) is 2.71. The van der Waals surface area contributed by atoms with Crippen LogP contribution in [0.1, 0.15) is 49.9 Å². The number of nitrogens with one attached hydrogen (secondary N) is 1. The van der Waals surface area contributed by atoms with E-state index in [1.165, 1.54) is 0 Å². The molecule has 2 rings (SSSR count). The molecule has 1 aromatic rings. The van der Waals surface area contributed by atoms with E-state index in [1.54, 1.807) is 32.4 Å². The van der Waals surface area contributed by atoms with Gasteiger partial charge in [-0.3, -0.25) is 9.59 Å². The molecule has 0 bridgehead atoms. The van der Waals surface area contributed by atoms with Crippen molar-refractivity contribution < 1.29 is 28.9 Å². The van der Waals surface area contributed by atoms with Crippen LogP contribution in [0.3, 0.4) is 0 Å². The summed E-state index contributed by atoms with van der Waals surface area (Å²) >= 11 is 0. The summed E-state index contributed by atoms with van der Waals surface area (Å²) in [5.41, 5.74) is 0.541. The lowest BCUT2D eigenvalue weighted by molar-refractivity contribution is -0.137. The molecule has 0 spiro atoms. The SMILES string of the molecule is COCCCOc1cc(C(=O)N(C(C)C)C2CCC(CC(=O)O)NC2)ccc1OC. The summed E-state index contributed by atoms with van der Waals surface area (Å²) in [5, 5.41) is 12.3. The first-order valence-electron chi connectivity index (χ1n) is 10.4. The first kappa shape index (κ1) is 24.0. The standard InChI is InChI=1S/C22H34N2O6/c1-15(2)24(18-8-7-17(23-14-18)13-21(25)26)22(27)16-6-9-19(29-4)20(12-16)30-11-5-10-28-3/h6,9,12,15,17-18,23H,5,7-8,10-11,13-14H2,1-4H3,(H,25,26). The summed E-state index contributed by atoms with van der Waals surface area (Å²) in [7, 11) is 3.21. The second-order valence-corrected chi connectivity index (χ2v) is 7.80. The third kappa shape index (κ3) is 6.60. The van der Waals surface area contributed by atoms with E-state index in [-0.39, 0.29) is 30.5 Å². The summed E-state index contributed by atoms with van der Waals surface area (Å²) < 4.78 is 16.2. The summed E-state index contributed by atoms with van der Waals surface area (Å²) in [5.74, 6) is 0.235. The van der Waals surface area contributed by atoms with Crippen LogP contribution in [-0.4, -0.2) is 74.0 Å². The molecule has 1 heterocycles. The maximum absolute atomic E-state index is 13.4. The van der Waals surface area contributed by atoms with Gasteiger partial charge in [-0.2, -0.15) is 0 Å². The number of carboxylic acids is 1. The van der Waals surface area contributed by atoms with Crippen molar-refractivity contribution in [3.8, 4) is 11.5 Å². The molecule has 2 N–H and O–H groups in total. The maximum Gasteiger partial charge on any atom is 0.304 e. The number of carbonyl (C=O) groups is 2. The largest absolute Gasteiger partial charge is 0.493 e. The summed E-state index contributed by atoms with van der Waals surface area (Å²) in [6.07, 6.45) is 2.33. The van der Waals surface area contributed by atoms with Crippen LogP contribution < -0.4 is 14.8 Å². The average molecular weight is 423 g/mol. The van der Waals surface area contributed by atoms with Gasteiger partial charge in [-0.15, -0.1) is 0 Å². The first-order chi connectivity index (χ1) is 14.4. The van der Waals surface area contributed by atoms with E-state index in [9.17, 15) is 9.59 Å². The second-order valence-electron chi connectivity index (χ2n) is 7.80. The molecule has 1 amide bonds. The smallest absolute Gasteiger partial charge is 0.304 e. The minimum atomic E-state index is -0.806. The topological polar surface area (TPSA) is 97.3 Å². The molecule has 2 atom stereocenters. The van der Waals surface area contributed by atoms with Gasteiger partial charge >= 0.3 is 5.97 Å². The molecule has 0 aliphatic carbocycles. The van der Waals surface area contributed by atoms with Gasteiger partial charge in [0, 0.05) is 50.4 Å². The van der Waals surface area contributed by atoms with Crippen LogP contribution >= 0.6 is 0 Å². The monoisotopic (exact) mass is 422 g/mol. The van der Waals surface area contributed by atoms with E-state index in [2.05, 4.69) is 5.32 Å². The van der Waals surface area contributed by atoms with Gasteiger partial charge in [-0.1, -0.05) is 0 Å². The molecule has 1 aromatic carbocycles. The van der Waals surface area contributed by atoms with Gasteiger partial charge in [0.05, 0.1) is 20.1 Å². The fraction of sp³-hybridized carbons (Fsp3) is 0.636. The van der Waals surface area contributed by atoms with Crippen molar-refractivity contribution in [1.29, 1.82) is 0 Å². The molecular weight excluding hydrogens is 388 g/mol. The van der Waals surface area contributed by atoms with Crippen molar-refractivity contribution in [3.05, 3.63) is 23.8 Å². The number of hydrogen-bond acceptors (Lipinski definition) is 6. The Labute approximate surface area is 178 Å². The van der Waals surface area contributed by atoms with E-state index in [0.29, 0.717) is 36.8 Å². The molecule has 0 radical (unpaired) electrons. The van der Waals surface area contributed by atoms with Gasteiger partial charge in [0.15, 0.2) is 11.5 Å². The molecule has 1 aliphatic heterocycles. The Bertz CT molecular complexity index is 701. The Balaban J connectivity index is 2.12. The third-order valence-electron chi connectivity index (χ3n) is 5.26. The quantitative estimate of drug-likeness (QED) is 0.529. The highest BCUT2D eigenvalue weighted by Gasteiger charge is 2.31. The number of hydrogen-bond donors (Lipinski definition) is 2. The Morgan fingerprint density at radius 3 is 2.53 bits per heavy atom. The van der Waals surface area contributed by atoms with Crippen LogP contribution in [0, 0.1) is 0 Å². The molecule has 0 aromatic heterocycles. The normalized spacial score (nSPS) is 18.8. The van der Waals surface area contributed by atoms with E-state index >= 15 is 0 Å². The molecule has 30 heavy (non-hydrogen) atoms. The van der Waals surface area contributed by atoms with Crippen molar-refractivity contribution >= 4 is 11.9 Å². The van der Waals surface area contributed by atoms with E-state index in [1.807, 2.05) is 18.7 Å². The lowest BCUT2D eigenvalue weighted by atomic mass is 9.96. The van der Waals surface area contributed by atoms with E-state index < -0.39 is 5.97 Å². The van der Waals surface area contributed by atoms with Gasteiger partial charge in [0.2, 0.25) is 0 Å². The molecule has 1 aliphatic rings. The Morgan fingerprint density at radius 1 is 1.20 bits per heavy atom. The Kier molecular flexibility index (Phi) is 9.39. The molecule has 8 heteroatoms. The number of rotatable bonds is 11. The number of nitrogens with zero attached hydrogens (tertiary/aromatic N) is 1. The number of aliphatic carboxylic acids is 1. The van der Waals surface area contributed by atoms with Crippen LogP contribution in [0.2, 0.25) is 0 Å². The van der Waals surface area contributed by atoms with Gasteiger partial charge in [0.25, 0.3) is 5.91 Å². The zero-order chi connectivity index (χ0) is 22.1. The number of carbonyl (C=O) groups excluding carboxylic acids is 1. The number of amides is 1. The van der Waals surface area contributed by atoms with Crippen LogP contribution in [-0.2, 0) is 9.53 Å². The fourth-order valence-corrected chi connectivity index (χ4v) is 3.80. The molecule has 8 nitrogen and oxygen atoms in total. The van der Waals surface area contributed by atoms with E-state index in [0.717, 1.165) is 19.3 Å². The fourth-order valence-electron chi connectivity index (χ4n) is 3.80. The zero-order valence-corrected chi connectivity index (χ0v) is 18.3. The van der Waals surface area contributed by atoms with Crippen LogP contribution in [0.5, 0.6) is 11.5 Å². The van der Waals surface area contributed by atoms with Crippen LogP contribution in [0.4, 0.5) is 0 Å². The zero-order valence-electron chi connectivity index (χ0n) is 18.3. The van der Waals surface area contributed by atoms with Gasteiger partial charge < -0.3 is 29.5 Å². The van der Waals surface area contributed by atoms with Crippen LogP contribution in [0.25, 0.3) is 0 Å². The number of piperidine rings is 1. The number of ether oxygens (including phenoxy) is 3. The molecular formula is C22H34N2O6. The number of carboxylic acid groups (broad SMARTS) is 1. The lowest BCUT2D eigenvalue weighted by Gasteiger charge is -2.39. The predicted octanol–water partition coefficient (Wildman–Crippen LogP) is 2.56. The Morgan fingerprint density at radius 2 is 1.97 bits per heavy atom. The molecule has 1 fully saturated rings. The van der Waals surface area contributed by atoms with Gasteiger partial charge in [0.1, 0.15) is 0 Å². The minimum Gasteiger partial charge on any atom is -0.493 e. The summed E-state index contributed by atoms with van der Waals surface area (Å²) in [4.78, 5) is 26.2. The van der Waals surface area contributed by atoms with E-state index in [4.69, 9.17) is 19.3 Å². The Hall–Kier alpha value is -2.32. The molecule has 2 unspecified atom stereocenters. The van der Waals surface area contributed by atoms with Gasteiger partial charge in [-0.25, -0.2) is 0 Å². The van der Waals surface area contributed by atoms with Crippen molar-refractivity contribution in [1.82, 2.24) is 10.2 Å². The van der Waals surface area contributed by atoms with Crippen LogP contribution in [0.15, 0.2) is 18.2 Å². The summed E-state index contributed by atoms with van der Waals surface area (Å²) in [6, 6.07) is 5.20. The highest BCUT2D eigenvalue weighted by molar-refractivity contribution is 5.95. The number of methoxy groups -OCH3 is 2. The highest BCUT2D eigenvalue weighted by atomic mass is 16.5. The first-order valence-corrected chi connectivity index (χ1v) is 10.4. The number of benzene rings is 1. The molecule has 0 saturated carbocycles. The highest BCUT2D eigenvalue weighted by Crippen LogP contribution is 2.30. The third-order valence-corrected chi connectivity index (χ3v) is 5.26. The summed E-state index contributed by atoms with van der Waals surface area (Å²) in [6.45, 7) is 5.63. The van der Waals surface area contributed by atoms with Crippen molar-refractivity contribution in [2.45, 2.75) is 57.7 Å². The second kappa shape index (κ2) is 11.8. The minimum absolute atomic E-state index is 0.00787. The van der Waals surface area contributed by atoms with Gasteiger partial charge in [-0.05, 0) is 44.9 Å². The predicted molar refractivity (Wildman–Crippen MR) is 113 cm³/mol. The van der Waals surface area contributed by atoms with Crippen molar-refractivity contribution in [3.63, 3.8) is 0 Å². The molecule has 168 valence electrons. The van der Waals surface area contributed by atoms with Crippen molar-refractivity contribution in [2.24, 2.45) is 0 Å². The lowest BCUT2D eigenvalue weighted by Crippen LogP contribution is -2.54. The maximum atomic E-state index is 13.4. The van der Waals surface area contributed by atoms with Crippen molar-refractivity contribution in [2.75, 3.05) is 34.0 Å². The molecule has 1 saturated heterocycles.